The van der Waals surface area contributed by atoms with E-state index in [1.165, 1.54) is 19.6 Å². The summed E-state index contributed by atoms with van der Waals surface area (Å²) >= 11 is 0. The molecule has 0 aromatic heterocycles. The molecule has 2 fully saturated rings. The van der Waals surface area contributed by atoms with Crippen LogP contribution >= 0.6 is 0 Å². The Kier molecular flexibility index (Phi) is 16.1. The molecule has 282 valence electrons. The highest BCUT2D eigenvalue weighted by Crippen LogP contribution is 2.33. The van der Waals surface area contributed by atoms with Crippen LogP contribution in [0.3, 0.4) is 0 Å². The molecule has 0 radical (unpaired) electrons. The van der Waals surface area contributed by atoms with Gasteiger partial charge >= 0.3 is 41.8 Å². The largest absolute Gasteiger partial charge is 0.480 e. The lowest BCUT2D eigenvalue weighted by molar-refractivity contribution is -0.148. The molecule has 2 saturated heterocycles. The summed E-state index contributed by atoms with van der Waals surface area (Å²) in [7, 11) is 0. The van der Waals surface area contributed by atoms with Crippen LogP contribution in [0.4, 0.5) is 0 Å². The molecule has 1 atom stereocenters. The van der Waals surface area contributed by atoms with Gasteiger partial charge in [-0.2, -0.15) is 0 Å². The van der Waals surface area contributed by atoms with E-state index in [9.17, 15) is 74.1 Å². The Labute approximate surface area is 286 Å². The number of aldehydes is 1. The van der Waals surface area contributed by atoms with Gasteiger partial charge < -0.3 is 40.5 Å². The molecular formula is C29H46N6O15. The zero-order valence-electron chi connectivity index (χ0n) is 27.6. The van der Waals surface area contributed by atoms with E-state index in [0.29, 0.717) is 6.29 Å². The highest BCUT2D eigenvalue weighted by atomic mass is 16.4. The summed E-state index contributed by atoms with van der Waals surface area (Å²) in [5.41, 5.74) is -2.93. The van der Waals surface area contributed by atoms with Crippen molar-refractivity contribution in [3.8, 4) is 0 Å². The Hall–Kier alpha value is -4.28. The number of rotatable bonds is 22. The monoisotopic (exact) mass is 718 g/mol. The minimum Gasteiger partial charge on any atom is -0.480 e. The Morgan fingerprint density at radius 2 is 0.760 bits per heavy atom. The second kappa shape index (κ2) is 19.2. The predicted octanol–water partition coefficient (Wildman–Crippen LogP) is -3.74. The van der Waals surface area contributed by atoms with Gasteiger partial charge in [0, 0.05) is 63.4 Å². The van der Waals surface area contributed by atoms with Gasteiger partial charge in [0.2, 0.25) is 0 Å². The molecule has 21 nitrogen and oxygen atoms in total. The summed E-state index contributed by atoms with van der Waals surface area (Å²) in [5.74, 6) is -9.27. The van der Waals surface area contributed by atoms with Crippen molar-refractivity contribution in [2.24, 2.45) is 0 Å². The first-order chi connectivity index (χ1) is 23.4. The normalized spacial score (nSPS) is 20.9. The standard InChI is InChI=1S/C29H46N6O15/c36-9-8-30-4-5-31(10-21(37)38)18-28(17-30,34(13-24(43)44)14-25(45)46)2-1-3-29(35(15-26(47)48)16-27(49)50)19-32(11-22(39)40)6-7-33(20-29)12-23(41)42/h9H,1-8,10-20H2,(H,37,38)(H,39,40)(H,41,42)(H,43,44)(H,45,46)(H,47,48)(H,49,50). The number of aliphatic carboxylic acids is 7. The minimum atomic E-state index is -1.50. The maximum atomic E-state index is 12.1. The topological polar surface area (TPSA) is 298 Å². The highest BCUT2D eigenvalue weighted by Gasteiger charge is 2.47. The molecule has 0 amide bonds. The molecule has 2 rings (SSSR count). The predicted molar refractivity (Wildman–Crippen MR) is 168 cm³/mol. The number of hydrogen-bond donors (Lipinski definition) is 7. The zero-order valence-corrected chi connectivity index (χ0v) is 27.6. The van der Waals surface area contributed by atoms with E-state index in [0.717, 1.165) is 4.90 Å². The third-order valence-corrected chi connectivity index (χ3v) is 8.88. The van der Waals surface area contributed by atoms with Crippen LogP contribution < -0.4 is 0 Å². The lowest BCUT2D eigenvalue weighted by Gasteiger charge is -2.48. The van der Waals surface area contributed by atoms with Crippen molar-refractivity contribution in [2.45, 2.75) is 30.3 Å². The van der Waals surface area contributed by atoms with Crippen LogP contribution in [0.2, 0.25) is 0 Å². The zero-order chi connectivity index (χ0) is 37.6. The summed E-state index contributed by atoms with van der Waals surface area (Å²) in [6, 6.07) is 0. The summed E-state index contributed by atoms with van der Waals surface area (Å²) in [6.45, 7) is -5.07. The van der Waals surface area contributed by atoms with E-state index in [2.05, 4.69) is 0 Å². The second-order valence-corrected chi connectivity index (χ2v) is 12.8. The van der Waals surface area contributed by atoms with Crippen molar-refractivity contribution in [2.75, 3.05) is 105 Å². The third-order valence-electron chi connectivity index (χ3n) is 8.88. The van der Waals surface area contributed by atoms with Crippen molar-refractivity contribution in [3.63, 3.8) is 0 Å². The van der Waals surface area contributed by atoms with E-state index in [4.69, 9.17) is 0 Å². The molecule has 0 saturated carbocycles. The molecule has 0 aliphatic carbocycles. The van der Waals surface area contributed by atoms with Gasteiger partial charge in [-0.05, 0) is 19.3 Å². The molecule has 0 bridgehead atoms. The van der Waals surface area contributed by atoms with E-state index in [1.807, 2.05) is 0 Å². The second-order valence-electron chi connectivity index (χ2n) is 12.8. The van der Waals surface area contributed by atoms with Gasteiger partial charge in [0.1, 0.15) is 6.29 Å². The first-order valence-electron chi connectivity index (χ1n) is 15.7. The Morgan fingerprint density at radius 1 is 0.480 bits per heavy atom. The van der Waals surface area contributed by atoms with Crippen LogP contribution in [-0.4, -0.2) is 229 Å². The Morgan fingerprint density at radius 3 is 1.02 bits per heavy atom. The lowest BCUT2D eigenvalue weighted by atomic mass is 9.83. The average Bonchev–Trinajstić information content (AvgIpc) is 3.23. The highest BCUT2D eigenvalue weighted by molar-refractivity contribution is 5.74. The van der Waals surface area contributed by atoms with Crippen molar-refractivity contribution in [1.29, 1.82) is 0 Å². The fourth-order valence-electron chi connectivity index (χ4n) is 7.10. The molecule has 0 spiro atoms. The molecular weight excluding hydrogens is 672 g/mol. The molecule has 2 aliphatic rings. The van der Waals surface area contributed by atoms with Crippen molar-refractivity contribution >= 4 is 48.1 Å². The van der Waals surface area contributed by atoms with E-state index < -0.39 is 98.7 Å². The molecule has 50 heavy (non-hydrogen) atoms. The number of carboxylic acids is 7. The molecule has 7 N–H and O–H groups in total. The molecule has 21 heteroatoms. The smallest absolute Gasteiger partial charge is 0.317 e. The fourth-order valence-corrected chi connectivity index (χ4v) is 7.10. The number of carbonyl (C=O) groups excluding carboxylic acids is 1. The van der Waals surface area contributed by atoms with E-state index in [1.54, 1.807) is 4.90 Å². The van der Waals surface area contributed by atoms with Crippen LogP contribution in [0.5, 0.6) is 0 Å². The van der Waals surface area contributed by atoms with Gasteiger partial charge in [-0.25, -0.2) is 0 Å². The van der Waals surface area contributed by atoms with E-state index >= 15 is 0 Å². The van der Waals surface area contributed by atoms with Gasteiger partial charge in [-0.15, -0.1) is 0 Å². The van der Waals surface area contributed by atoms with E-state index in [-0.39, 0.29) is 78.2 Å². The van der Waals surface area contributed by atoms with Gasteiger partial charge in [0.05, 0.1) is 52.4 Å². The number of hydrogen-bond acceptors (Lipinski definition) is 14. The average molecular weight is 719 g/mol. The molecule has 1 unspecified atom stereocenters. The number of carbonyl (C=O) groups is 8. The van der Waals surface area contributed by atoms with Crippen LogP contribution in [0, 0.1) is 0 Å². The van der Waals surface area contributed by atoms with Crippen molar-refractivity contribution < 1.29 is 74.1 Å². The van der Waals surface area contributed by atoms with Crippen LogP contribution in [0.25, 0.3) is 0 Å². The molecule has 0 aromatic carbocycles. The maximum Gasteiger partial charge on any atom is 0.317 e. The van der Waals surface area contributed by atoms with Gasteiger partial charge in [0.15, 0.2) is 0 Å². The first-order valence-corrected chi connectivity index (χ1v) is 15.7. The molecule has 2 aliphatic heterocycles. The fraction of sp³-hybridized carbons (Fsp3) is 0.724. The Bertz CT molecular complexity index is 1210. The maximum absolute atomic E-state index is 12.1. The van der Waals surface area contributed by atoms with Crippen LogP contribution in [0.1, 0.15) is 19.3 Å². The first kappa shape index (κ1) is 41.9. The molecule has 0 aromatic rings. The van der Waals surface area contributed by atoms with Gasteiger partial charge in [0.25, 0.3) is 0 Å². The van der Waals surface area contributed by atoms with Crippen molar-refractivity contribution in [1.82, 2.24) is 29.4 Å². The lowest BCUT2D eigenvalue weighted by Crippen LogP contribution is -2.63. The third kappa shape index (κ3) is 13.6. The summed E-state index contributed by atoms with van der Waals surface area (Å²) in [5, 5.41) is 68.0. The minimum absolute atomic E-state index is 0.00311. The van der Waals surface area contributed by atoms with Crippen molar-refractivity contribution in [3.05, 3.63) is 0 Å². The van der Waals surface area contributed by atoms with Gasteiger partial charge in [-0.1, -0.05) is 0 Å². The van der Waals surface area contributed by atoms with Crippen LogP contribution in [-0.2, 0) is 38.4 Å². The quantitative estimate of drug-likeness (QED) is 0.0529. The summed E-state index contributed by atoms with van der Waals surface area (Å²) < 4.78 is 0. The molecule has 2 heterocycles. The number of nitrogens with zero attached hydrogens (tertiary/aromatic N) is 6. The summed E-state index contributed by atoms with van der Waals surface area (Å²) in [6.07, 6.45) is 0.443. The Balaban J connectivity index is 2.73. The van der Waals surface area contributed by atoms with Crippen LogP contribution in [0.15, 0.2) is 0 Å². The number of carboxylic acid groups (broad SMARTS) is 7. The SMILES string of the molecule is O=CCN1CCN(CC(=O)O)CC(CCCC2(N(CC(=O)O)CC(=O)O)CN(CC(=O)O)CCN(CC(=O)O)C2)(N(CC(=O)O)CC(=O)O)C1. The summed E-state index contributed by atoms with van der Waals surface area (Å²) in [4.78, 5) is 103. The van der Waals surface area contributed by atoms with Gasteiger partial charge in [-0.3, -0.25) is 63.0 Å².